The zero-order valence-electron chi connectivity index (χ0n) is 37.8. The molecule has 0 spiro atoms. The van der Waals surface area contributed by atoms with Gasteiger partial charge >= 0.3 is 5.97 Å². The highest BCUT2D eigenvalue weighted by molar-refractivity contribution is 5.76. The van der Waals surface area contributed by atoms with Crippen LogP contribution >= 0.6 is 0 Å². The van der Waals surface area contributed by atoms with Gasteiger partial charge in [0.1, 0.15) is 0 Å². The normalized spacial score (nSPS) is 13.0. The summed E-state index contributed by atoms with van der Waals surface area (Å²) in [6, 6.07) is -0.552. The smallest absolute Gasteiger partial charge is 0.305 e. The number of allylic oxidation sites excluding steroid dienone is 6. The minimum absolute atomic E-state index is 0.0250. The van der Waals surface area contributed by atoms with Gasteiger partial charge in [0.2, 0.25) is 5.91 Å². The van der Waals surface area contributed by atoms with E-state index >= 15 is 0 Å². The second-order valence-corrected chi connectivity index (χ2v) is 16.8. The molecule has 0 heterocycles. The van der Waals surface area contributed by atoms with Gasteiger partial charge in [0.05, 0.1) is 25.4 Å². The Bertz CT molecular complexity index is 931. The number of hydrogen-bond acceptors (Lipinski definition) is 5. The molecule has 0 fully saturated rings. The Kier molecular flexibility index (Phi) is 45.2. The van der Waals surface area contributed by atoms with E-state index in [0.717, 1.165) is 83.5 Å². The maximum Gasteiger partial charge on any atom is 0.305 e. The third kappa shape index (κ3) is 43.5. The van der Waals surface area contributed by atoms with Gasteiger partial charge in [-0.05, 0) is 83.5 Å². The lowest BCUT2D eigenvalue weighted by molar-refractivity contribution is -0.143. The minimum atomic E-state index is -0.673. The second-order valence-electron chi connectivity index (χ2n) is 16.8. The predicted molar refractivity (Wildman–Crippen MR) is 246 cm³/mol. The van der Waals surface area contributed by atoms with Gasteiger partial charge < -0.3 is 20.3 Å². The molecular weight excluding hydrogens is 707 g/mol. The fourth-order valence-corrected chi connectivity index (χ4v) is 7.31. The molecule has 0 aliphatic heterocycles. The molecule has 6 heteroatoms. The molecule has 0 aromatic heterocycles. The van der Waals surface area contributed by atoms with Crippen molar-refractivity contribution in [3.05, 3.63) is 36.5 Å². The number of amides is 1. The summed E-state index contributed by atoms with van der Waals surface area (Å²) < 4.78 is 5.44. The van der Waals surface area contributed by atoms with Crippen LogP contribution in [0.25, 0.3) is 0 Å². The van der Waals surface area contributed by atoms with Gasteiger partial charge in [-0.25, -0.2) is 0 Å². The van der Waals surface area contributed by atoms with Crippen molar-refractivity contribution in [2.45, 2.75) is 264 Å². The van der Waals surface area contributed by atoms with Gasteiger partial charge in [-0.3, -0.25) is 9.59 Å². The lowest BCUT2D eigenvalue weighted by atomic mass is 10.0. The maximum absolute atomic E-state index is 12.4. The fraction of sp³-hybridized carbons (Fsp3) is 0.843. The van der Waals surface area contributed by atoms with E-state index in [9.17, 15) is 19.8 Å². The number of esters is 1. The monoisotopic (exact) mass is 802 g/mol. The minimum Gasteiger partial charge on any atom is -0.466 e. The highest BCUT2D eigenvalue weighted by atomic mass is 16.5. The molecule has 0 aliphatic carbocycles. The maximum atomic E-state index is 12.4. The number of aliphatic hydroxyl groups is 2. The van der Waals surface area contributed by atoms with Crippen LogP contribution in [0, 0.1) is 0 Å². The van der Waals surface area contributed by atoms with Crippen LogP contribution in [0.5, 0.6) is 0 Å². The van der Waals surface area contributed by atoms with Gasteiger partial charge in [0.25, 0.3) is 0 Å². The van der Waals surface area contributed by atoms with Crippen molar-refractivity contribution in [1.29, 1.82) is 0 Å². The van der Waals surface area contributed by atoms with Crippen LogP contribution in [0.1, 0.15) is 251 Å². The first-order chi connectivity index (χ1) is 28.0. The summed E-state index contributed by atoms with van der Waals surface area (Å²) >= 11 is 0. The molecule has 1 amide bonds. The average molecular weight is 802 g/mol. The van der Waals surface area contributed by atoms with E-state index in [1.807, 2.05) is 0 Å². The molecule has 0 aromatic rings. The standard InChI is InChI=1S/C51H95NO5/c1-3-5-7-9-11-13-15-16-18-22-25-29-33-37-41-45-51(56)57-46-42-38-34-30-26-23-20-17-19-21-24-28-32-36-40-44-50(55)52-48(47-53)49(54)43-39-35-31-27-14-12-10-8-6-4-2/h11,13,16,18,20,23,48-49,53-54H,3-10,12,14-15,17,19,21-22,24-47H2,1-2H3,(H,52,55)/b13-11-,18-16-,23-20-. The molecule has 0 aliphatic rings. The van der Waals surface area contributed by atoms with Gasteiger partial charge in [-0.15, -0.1) is 0 Å². The Labute approximate surface area is 353 Å². The molecule has 0 radical (unpaired) electrons. The Morgan fingerprint density at radius 1 is 0.491 bits per heavy atom. The number of hydrogen-bond donors (Lipinski definition) is 3. The van der Waals surface area contributed by atoms with Crippen LogP contribution in [0.4, 0.5) is 0 Å². The van der Waals surface area contributed by atoms with E-state index in [1.165, 1.54) is 135 Å². The molecule has 6 nitrogen and oxygen atoms in total. The van der Waals surface area contributed by atoms with E-state index in [1.54, 1.807) is 0 Å². The SMILES string of the molecule is CCCCC/C=C\C/C=C\CCCCCCCC(=O)OCCCCCC/C=C\CCCCCCCCCC(=O)NC(CO)C(O)CCCCCCCCCCCC. The topological polar surface area (TPSA) is 95.9 Å². The predicted octanol–water partition coefficient (Wildman–Crippen LogP) is 14.5. The van der Waals surface area contributed by atoms with Crippen molar-refractivity contribution in [3.8, 4) is 0 Å². The summed E-state index contributed by atoms with van der Waals surface area (Å²) in [4.78, 5) is 24.4. The molecule has 3 N–H and O–H groups in total. The average Bonchev–Trinajstić information content (AvgIpc) is 3.21. The fourth-order valence-electron chi connectivity index (χ4n) is 7.31. The Balaban J connectivity index is 3.48. The van der Waals surface area contributed by atoms with Gasteiger partial charge in [-0.1, -0.05) is 192 Å². The number of rotatable bonds is 45. The Hall–Kier alpha value is -1.92. The molecular formula is C51H95NO5. The van der Waals surface area contributed by atoms with Gasteiger partial charge in [0.15, 0.2) is 0 Å². The zero-order chi connectivity index (χ0) is 41.5. The molecule has 0 saturated heterocycles. The third-order valence-electron chi connectivity index (χ3n) is 11.2. The number of ether oxygens (including phenoxy) is 1. The lowest BCUT2D eigenvalue weighted by Gasteiger charge is -2.22. The van der Waals surface area contributed by atoms with Crippen molar-refractivity contribution >= 4 is 11.9 Å². The Morgan fingerprint density at radius 3 is 1.39 bits per heavy atom. The van der Waals surface area contributed by atoms with Crippen molar-refractivity contribution in [3.63, 3.8) is 0 Å². The highest BCUT2D eigenvalue weighted by Gasteiger charge is 2.20. The first-order valence-electron chi connectivity index (χ1n) is 24.7. The molecule has 0 saturated carbocycles. The number of carbonyl (C=O) groups is 2. The molecule has 0 bridgehead atoms. The van der Waals surface area contributed by atoms with Crippen LogP contribution < -0.4 is 5.32 Å². The molecule has 2 atom stereocenters. The van der Waals surface area contributed by atoms with Crippen LogP contribution in [0.15, 0.2) is 36.5 Å². The molecule has 0 rings (SSSR count). The largest absolute Gasteiger partial charge is 0.466 e. The third-order valence-corrected chi connectivity index (χ3v) is 11.2. The number of aliphatic hydroxyl groups excluding tert-OH is 2. The highest BCUT2D eigenvalue weighted by Crippen LogP contribution is 2.15. The molecule has 2 unspecified atom stereocenters. The molecule has 57 heavy (non-hydrogen) atoms. The summed E-state index contributed by atoms with van der Waals surface area (Å²) in [7, 11) is 0. The van der Waals surface area contributed by atoms with Crippen molar-refractivity contribution in [1.82, 2.24) is 5.32 Å². The van der Waals surface area contributed by atoms with E-state index in [4.69, 9.17) is 4.74 Å². The van der Waals surface area contributed by atoms with E-state index in [2.05, 4.69) is 55.6 Å². The summed E-state index contributed by atoms with van der Waals surface area (Å²) in [6.07, 6.45) is 55.4. The summed E-state index contributed by atoms with van der Waals surface area (Å²) in [5.41, 5.74) is 0. The van der Waals surface area contributed by atoms with Crippen molar-refractivity contribution < 1.29 is 24.5 Å². The number of carbonyl (C=O) groups excluding carboxylic acids is 2. The summed E-state index contributed by atoms with van der Waals surface area (Å²) in [5, 5.41) is 23.1. The van der Waals surface area contributed by atoms with E-state index in [-0.39, 0.29) is 18.5 Å². The first kappa shape index (κ1) is 55.1. The quantitative estimate of drug-likeness (QED) is 0.0324. The zero-order valence-corrected chi connectivity index (χ0v) is 37.8. The number of unbranched alkanes of at least 4 members (excludes halogenated alkanes) is 28. The second kappa shape index (κ2) is 46.8. The molecule has 334 valence electrons. The van der Waals surface area contributed by atoms with Gasteiger partial charge in [0, 0.05) is 12.8 Å². The number of nitrogens with one attached hydrogen (secondary N) is 1. The lowest BCUT2D eigenvalue weighted by Crippen LogP contribution is -2.45. The van der Waals surface area contributed by atoms with Crippen LogP contribution in [-0.2, 0) is 14.3 Å². The molecule has 0 aromatic carbocycles. The van der Waals surface area contributed by atoms with Crippen LogP contribution in [0.2, 0.25) is 0 Å². The Morgan fingerprint density at radius 2 is 0.877 bits per heavy atom. The van der Waals surface area contributed by atoms with Crippen molar-refractivity contribution in [2.24, 2.45) is 0 Å². The van der Waals surface area contributed by atoms with E-state index < -0.39 is 12.1 Å². The van der Waals surface area contributed by atoms with E-state index in [0.29, 0.717) is 25.9 Å². The van der Waals surface area contributed by atoms with Crippen LogP contribution in [0.3, 0.4) is 0 Å². The van der Waals surface area contributed by atoms with Gasteiger partial charge in [-0.2, -0.15) is 0 Å². The summed E-state index contributed by atoms with van der Waals surface area (Å²) in [5.74, 6) is -0.0787. The van der Waals surface area contributed by atoms with Crippen LogP contribution in [-0.4, -0.2) is 47.4 Å². The van der Waals surface area contributed by atoms with Crippen molar-refractivity contribution in [2.75, 3.05) is 13.2 Å². The first-order valence-corrected chi connectivity index (χ1v) is 24.7. The summed E-state index contributed by atoms with van der Waals surface area (Å²) in [6.45, 7) is 4.86.